The van der Waals surface area contributed by atoms with Crippen molar-refractivity contribution >= 4 is 43.7 Å². The van der Waals surface area contributed by atoms with Crippen molar-refractivity contribution in [3.8, 4) is 0 Å². The maximum atomic E-state index is 5.53. The number of hydrogen-bond donors (Lipinski definition) is 2. The molecule has 0 unspecified atom stereocenters. The van der Waals surface area contributed by atoms with Crippen molar-refractivity contribution in [3.63, 3.8) is 0 Å². The Labute approximate surface area is 122 Å². The number of halogens is 1. The lowest BCUT2D eigenvalue weighted by Crippen LogP contribution is -2.02. The van der Waals surface area contributed by atoms with E-state index < -0.39 is 0 Å². The summed E-state index contributed by atoms with van der Waals surface area (Å²) >= 11 is 5.06. The van der Waals surface area contributed by atoms with Gasteiger partial charge < -0.3 is 11.1 Å². The molecule has 0 amide bonds. The van der Waals surface area contributed by atoms with E-state index in [1.165, 1.54) is 0 Å². The van der Waals surface area contributed by atoms with E-state index in [9.17, 15) is 0 Å². The fraction of sp³-hybridized carbons (Fsp3) is 0.167. The molecule has 3 aromatic heterocycles. The summed E-state index contributed by atoms with van der Waals surface area (Å²) in [7, 11) is 0. The van der Waals surface area contributed by atoms with Crippen LogP contribution in [0.3, 0.4) is 0 Å². The van der Waals surface area contributed by atoms with Crippen molar-refractivity contribution in [1.82, 2.24) is 14.6 Å². The first-order valence-corrected chi connectivity index (χ1v) is 7.43. The minimum absolute atomic E-state index is 0.595. The molecule has 0 saturated heterocycles. The highest BCUT2D eigenvalue weighted by molar-refractivity contribution is 9.11. The van der Waals surface area contributed by atoms with Crippen LogP contribution in [0.2, 0.25) is 0 Å². The molecule has 3 heterocycles. The number of hydrogen-bond acceptors (Lipinski definition) is 5. The van der Waals surface area contributed by atoms with Gasteiger partial charge in [0.2, 0.25) is 0 Å². The van der Waals surface area contributed by atoms with Gasteiger partial charge in [-0.25, -0.2) is 9.50 Å². The maximum absolute atomic E-state index is 5.53. The van der Waals surface area contributed by atoms with Gasteiger partial charge in [-0.3, -0.25) is 0 Å². The van der Waals surface area contributed by atoms with E-state index in [0.717, 1.165) is 32.4 Å². The summed E-state index contributed by atoms with van der Waals surface area (Å²) in [5, 5.41) is 8.78. The highest BCUT2D eigenvalue weighted by Gasteiger charge is 2.04. The monoisotopic (exact) mass is 337 g/mol. The summed E-state index contributed by atoms with van der Waals surface area (Å²) in [6.45, 7) is 0.595. The summed E-state index contributed by atoms with van der Waals surface area (Å²) in [6, 6.07) is 7.87. The Kier molecular flexibility index (Phi) is 3.50. The van der Waals surface area contributed by atoms with Gasteiger partial charge in [0.25, 0.3) is 0 Å². The number of aromatic nitrogens is 3. The number of rotatable bonds is 4. The van der Waals surface area contributed by atoms with Gasteiger partial charge in [-0.05, 0) is 46.7 Å². The number of imidazole rings is 1. The van der Waals surface area contributed by atoms with E-state index in [2.05, 4.69) is 31.3 Å². The molecular weight excluding hydrogens is 326 g/mol. The van der Waals surface area contributed by atoms with Crippen molar-refractivity contribution in [2.75, 3.05) is 11.9 Å². The lowest BCUT2D eigenvalue weighted by molar-refractivity contribution is 0.917. The molecule has 0 fully saturated rings. The Morgan fingerprint density at radius 3 is 2.95 bits per heavy atom. The Morgan fingerprint density at radius 1 is 1.32 bits per heavy atom. The second kappa shape index (κ2) is 5.28. The molecule has 0 saturated carbocycles. The third kappa shape index (κ3) is 2.78. The Bertz CT molecular complexity index is 705. The van der Waals surface area contributed by atoms with Gasteiger partial charge in [0, 0.05) is 6.42 Å². The maximum Gasteiger partial charge on any atom is 0.153 e. The first-order chi connectivity index (χ1) is 9.24. The summed E-state index contributed by atoms with van der Waals surface area (Å²) in [4.78, 5) is 4.44. The fourth-order valence-electron chi connectivity index (χ4n) is 1.77. The smallest absolute Gasteiger partial charge is 0.153 e. The van der Waals surface area contributed by atoms with Crippen LogP contribution in [0.15, 0.2) is 34.2 Å². The Balaban J connectivity index is 1.88. The van der Waals surface area contributed by atoms with Crippen LogP contribution in [0.5, 0.6) is 0 Å². The molecule has 0 aromatic carbocycles. The van der Waals surface area contributed by atoms with Crippen molar-refractivity contribution < 1.29 is 0 Å². The minimum Gasteiger partial charge on any atom is -0.330 e. The molecule has 0 bridgehead atoms. The average Bonchev–Trinajstić information content (AvgIpc) is 2.95. The topological polar surface area (TPSA) is 68.2 Å². The van der Waals surface area contributed by atoms with Crippen LogP contribution in [0.25, 0.3) is 5.65 Å². The number of fused-ring (bicyclic) bond motifs is 1. The molecule has 3 N–H and O–H groups in total. The quantitative estimate of drug-likeness (QED) is 0.768. The van der Waals surface area contributed by atoms with E-state index in [4.69, 9.17) is 5.73 Å². The first kappa shape index (κ1) is 12.6. The van der Waals surface area contributed by atoms with Gasteiger partial charge >= 0.3 is 0 Å². The van der Waals surface area contributed by atoms with Crippen LogP contribution >= 0.6 is 27.3 Å². The van der Waals surface area contributed by atoms with Crippen LogP contribution in [0.1, 0.15) is 5.69 Å². The molecule has 3 rings (SSSR count). The number of nitrogens with zero attached hydrogens (tertiary/aromatic N) is 3. The fourth-order valence-corrected chi connectivity index (χ4v) is 3.07. The van der Waals surface area contributed by atoms with Crippen LogP contribution < -0.4 is 11.1 Å². The third-order valence-corrected chi connectivity index (χ3v) is 4.13. The molecule has 0 aliphatic carbocycles. The molecule has 7 heteroatoms. The average molecular weight is 338 g/mol. The van der Waals surface area contributed by atoms with Gasteiger partial charge in [-0.1, -0.05) is 0 Å². The van der Waals surface area contributed by atoms with Gasteiger partial charge in [-0.2, -0.15) is 0 Å². The molecule has 0 atom stereocenters. The molecule has 19 heavy (non-hydrogen) atoms. The van der Waals surface area contributed by atoms with Gasteiger partial charge in [-0.15, -0.1) is 16.4 Å². The molecule has 5 nitrogen and oxygen atoms in total. The van der Waals surface area contributed by atoms with Crippen LogP contribution in [-0.4, -0.2) is 21.1 Å². The highest BCUT2D eigenvalue weighted by Crippen LogP contribution is 2.28. The van der Waals surface area contributed by atoms with Crippen molar-refractivity contribution in [2.24, 2.45) is 5.73 Å². The van der Waals surface area contributed by atoms with Crippen molar-refractivity contribution in [3.05, 3.63) is 39.9 Å². The van der Waals surface area contributed by atoms with Crippen LogP contribution in [-0.2, 0) is 6.42 Å². The summed E-state index contributed by atoms with van der Waals surface area (Å²) in [5.74, 6) is 0.790. The SMILES string of the molecule is NCCc1cn2nc(Nc3ccc(Br)s3)ccc2n1. The van der Waals surface area contributed by atoms with E-state index in [-0.39, 0.29) is 0 Å². The second-order valence-corrected chi connectivity index (χ2v) is 6.48. The number of thiophene rings is 1. The van der Waals surface area contributed by atoms with Crippen LogP contribution in [0.4, 0.5) is 10.8 Å². The predicted molar refractivity (Wildman–Crippen MR) is 81.0 cm³/mol. The van der Waals surface area contributed by atoms with Crippen molar-refractivity contribution in [1.29, 1.82) is 0 Å². The third-order valence-electron chi connectivity index (χ3n) is 2.59. The Hall–Kier alpha value is -1.44. The molecule has 98 valence electrons. The summed E-state index contributed by atoms with van der Waals surface area (Å²) < 4.78 is 2.86. The van der Waals surface area contributed by atoms with E-state index in [1.54, 1.807) is 15.9 Å². The first-order valence-electron chi connectivity index (χ1n) is 5.82. The van der Waals surface area contributed by atoms with E-state index in [1.807, 2.05) is 30.5 Å². The predicted octanol–water partition coefficient (Wildman–Crippen LogP) is 2.80. The van der Waals surface area contributed by atoms with E-state index in [0.29, 0.717) is 6.54 Å². The number of anilines is 2. The summed E-state index contributed by atoms with van der Waals surface area (Å²) in [6.07, 6.45) is 2.68. The van der Waals surface area contributed by atoms with Gasteiger partial charge in [0.05, 0.1) is 20.7 Å². The molecule has 0 aliphatic heterocycles. The van der Waals surface area contributed by atoms with Gasteiger partial charge in [0.1, 0.15) is 0 Å². The standard InChI is InChI=1S/C12H12BrN5S/c13-9-1-4-12(19-9)16-10-2-3-11-15-8(5-6-14)7-18(11)17-10/h1-4,7H,5-6,14H2,(H,16,17). The number of nitrogens with two attached hydrogens (primary N) is 1. The zero-order chi connectivity index (χ0) is 13.2. The molecule has 0 radical (unpaired) electrons. The highest BCUT2D eigenvalue weighted by atomic mass is 79.9. The normalized spacial score (nSPS) is 11.1. The van der Waals surface area contributed by atoms with Crippen molar-refractivity contribution in [2.45, 2.75) is 6.42 Å². The second-order valence-electron chi connectivity index (χ2n) is 4.02. The van der Waals surface area contributed by atoms with E-state index >= 15 is 0 Å². The molecule has 0 aliphatic rings. The largest absolute Gasteiger partial charge is 0.330 e. The number of nitrogens with one attached hydrogen (secondary N) is 1. The Morgan fingerprint density at radius 2 is 2.21 bits per heavy atom. The molecule has 0 spiro atoms. The lowest BCUT2D eigenvalue weighted by Gasteiger charge is -2.02. The molecule has 3 aromatic rings. The zero-order valence-corrected chi connectivity index (χ0v) is 12.4. The zero-order valence-electron chi connectivity index (χ0n) is 10.0. The van der Waals surface area contributed by atoms with Crippen LogP contribution in [0, 0.1) is 0 Å². The summed E-state index contributed by atoms with van der Waals surface area (Å²) in [5.41, 5.74) is 7.33. The van der Waals surface area contributed by atoms with Gasteiger partial charge in [0.15, 0.2) is 11.5 Å². The minimum atomic E-state index is 0.595. The molecular formula is C12H12BrN5S. The lowest BCUT2D eigenvalue weighted by atomic mass is 10.3.